The van der Waals surface area contributed by atoms with E-state index in [0.717, 1.165) is 16.8 Å². The third kappa shape index (κ3) is 4.67. The molecule has 6 heteroatoms. The molecule has 0 unspecified atom stereocenters. The van der Waals surface area contributed by atoms with Crippen molar-refractivity contribution in [3.63, 3.8) is 0 Å². The van der Waals surface area contributed by atoms with Gasteiger partial charge in [-0.05, 0) is 44.5 Å². The van der Waals surface area contributed by atoms with Crippen LogP contribution >= 0.6 is 0 Å². The molecule has 0 bridgehead atoms. The molecule has 5 nitrogen and oxygen atoms in total. The lowest BCUT2D eigenvalue weighted by Crippen LogP contribution is -2.17. The molecule has 0 spiro atoms. The van der Waals surface area contributed by atoms with Crippen LogP contribution in [0.2, 0.25) is 0 Å². The van der Waals surface area contributed by atoms with Gasteiger partial charge in [-0.15, -0.1) is 0 Å². The molecule has 1 aromatic heterocycles. The van der Waals surface area contributed by atoms with Crippen molar-refractivity contribution in [1.82, 2.24) is 9.97 Å². The van der Waals surface area contributed by atoms with E-state index < -0.39 is 0 Å². The summed E-state index contributed by atoms with van der Waals surface area (Å²) >= 11 is 0. The van der Waals surface area contributed by atoms with Crippen LogP contribution in [-0.4, -0.2) is 15.9 Å². The molecule has 0 aliphatic carbocycles. The summed E-state index contributed by atoms with van der Waals surface area (Å²) in [5.41, 5.74) is 4.24. The van der Waals surface area contributed by atoms with Crippen LogP contribution in [0, 0.1) is 26.6 Å². The summed E-state index contributed by atoms with van der Waals surface area (Å²) in [6, 6.07) is 13.9. The first-order valence-corrected chi connectivity index (χ1v) is 8.64. The van der Waals surface area contributed by atoms with Crippen molar-refractivity contribution in [2.24, 2.45) is 0 Å². The van der Waals surface area contributed by atoms with Gasteiger partial charge in [-0.1, -0.05) is 35.9 Å². The van der Waals surface area contributed by atoms with Crippen molar-refractivity contribution in [1.29, 1.82) is 0 Å². The van der Waals surface area contributed by atoms with Crippen molar-refractivity contribution < 1.29 is 9.18 Å². The Morgan fingerprint density at radius 1 is 1.04 bits per heavy atom. The number of nitrogens with zero attached hydrogens (tertiary/aromatic N) is 2. The Morgan fingerprint density at radius 3 is 2.56 bits per heavy atom. The van der Waals surface area contributed by atoms with Crippen LogP contribution in [0.25, 0.3) is 0 Å². The Balaban J connectivity index is 1.76. The second kappa shape index (κ2) is 7.95. The van der Waals surface area contributed by atoms with E-state index in [1.165, 1.54) is 6.07 Å². The molecule has 0 atom stereocenters. The maximum Gasteiger partial charge on any atom is 0.274 e. The van der Waals surface area contributed by atoms with Crippen LogP contribution in [0.15, 0.2) is 48.5 Å². The van der Waals surface area contributed by atoms with Crippen molar-refractivity contribution in [3.8, 4) is 0 Å². The fourth-order valence-electron chi connectivity index (χ4n) is 2.72. The Bertz CT molecular complexity index is 988. The van der Waals surface area contributed by atoms with Crippen molar-refractivity contribution >= 4 is 17.5 Å². The van der Waals surface area contributed by atoms with E-state index in [4.69, 9.17) is 0 Å². The molecule has 0 aliphatic rings. The normalized spacial score (nSPS) is 10.5. The van der Waals surface area contributed by atoms with Crippen molar-refractivity contribution in [3.05, 3.63) is 82.4 Å². The maximum absolute atomic E-state index is 13.7. The summed E-state index contributed by atoms with van der Waals surface area (Å²) in [5.74, 6) is -0.337. The summed E-state index contributed by atoms with van der Waals surface area (Å²) in [6.45, 7) is 5.95. The Hall–Kier alpha value is -3.28. The summed E-state index contributed by atoms with van der Waals surface area (Å²) in [6.07, 6.45) is 0. The molecule has 0 aliphatic heterocycles. The summed E-state index contributed by atoms with van der Waals surface area (Å²) in [5, 5.41) is 5.85. The standard InChI is InChI=1S/C21H21FN4O/c1-13-8-9-18(14(2)10-13)25-20(27)19-11-15(3)24-21(26-19)23-12-16-6-4-5-7-17(16)22/h4-11H,12H2,1-3H3,(H,25,27)(H,23,24,26). The first-order valence-electron chi connectivity index (χ1n) is 8.64. The number of rotatable bonds is 5. The number of nitrogens with one attached hydrogen (secondary N) is 2. The molecule has 3 aromatic rings. The van der Waals surface area contributed by atoms with Gasteiger partial charge in [0.25, 0.3) is 5.91 Å². The number of amides is 1. The van der Waals surface area contributed by atoms with E-state index in [1.807, 2.05) is 32.0 Å². The highest BCUT2D eigenvalue weighted by Gasteiger charge is 2.12. The van der Waals surface area contributed by atoms with Crippen molar-refractivity contribution in [2.75, 3.05) is 10.6 Å². The molecular weight excluding hydrogens is 343 g/mol. The minimum atomic E-state index is -0.318. The van der Waals surface area contributed by atoms with Gasteiger partial charge in [0.2, 0.25) is 5.95 Å². The number of aryl methyl sites for hydroxylation is 3. The zero-order chi connectivity index (χ0) is 19.4. The van der Waals surface area contributed by atoms with E-state index in [-0.39, 0.29) is 29.9 Å². The first-order chi connectivity index (χ1) is 12.9. The predicted octanol–water partition coefficient (Wildman–Crippen LogP) is 4.41. The van der Waals surface area contributed by atoms with Crippen LogP contribution < -0.4 is 10.6 Å². The van der Waals surface area contributed by atoms with E-state index in [2.05, 4.69) is 20.6 Å². The molecule has 0 fully saturated rings. The number of carbonyl (C=O) groups is 1. The number of hydrogen-bond donors (Lipinski definition) is 2. The number of halogens is 1. The number of aromatic nitrogens is 2. The van der Waals surface area contributed by atoms with Crippen molar-refractivity contribution in [2.45, 2.75) is 27.3 Å². The molecule has 0 saturated carbocycles. The highest BCUT2D eigenvalue weighted by molar-refractivity contribution is 6.03. The fourth-order valence-corrected chi connectivity index (χ4v) is 2.72. The third-order valence-corrected chi connectivity index (χ3v) is 4.11. The quantitative estimate of drug-likeness (QED) is 0.704. The van der Waals surface area contributed by atoms with E-state index in [1.54, 1.807) is 31.2 Å². The largest absolute Gasteiger partial charge is 0.350 e. The Kier molecular flexibility index (Phi) is 5.45. The lowest BCUT2D eigenvalue weighted by molar-refractivity contribution is 0.102. The lowest BCUT2D eigenvalue weighted by atomic mass is 10.1. The van der Waals surface area contributed by atoms with Gasteiger partial charge in [-0.2, -0.15) is 0 Å². The van der Waals surface area contributed by atoms with Gasteiger partial charge in [0, 0.05) is 23.5 Å². The second-order valence-electron chi connectivity index (χ2n) is 6.44. The lowest BCUT2D eigenvalue weighted by Gasteiger charge is -2.11. The number of carbonyl (C=O) groups excluding carboxylic acids is 1. The van der Waals surface area contributed by atoms with Gasteiger partial charge in [-0.25, -0.2) is 14.4 Å². The predicted molar refractivity (Wildman–Crippen MR) is 104 cm³/mol. The Morgan fingerprint density at radius 2 is 1.81 bits per heavy atom. The molecule has 1 heterocycles. The average molecular weight is 364 g/mol. The molecule has 27 heavy (non-hydrogen) atoms. The van der Waals surface area contributed by atoms with Crippen LogP contribution in [0.3, 0.4) is 0 Å². The van der Waals surface area contributed by atoms with Gasteiger partial charge < -0.3 is 10.6 Å². The SMILES string of the molecule is Cc1ccc(NC(=O)c2cc(C)nc(NCc3ccccc3F)n2)c(C)c1. The van der Waals surface area contributed by atoms with Gasteiger partial charge in [-0.3, -0.25) is 4.79 Å². The van der Waals surface area contributed by atoms with Gasteiger partial charge in [0.1, 0.15) is 11.5 Å². The average Bonchev–Trinajstić information content (AvgIpc) is 2.63. The third-order valence-electron chi connectivity index (χ3n) is 4.11. The second-order valence-corrected chi connectivity index (χ2v) is 6.44. The van der Waals surface area contributed by atoms with Crippen LogP contribution in [0.4, 0.5) is 16.0 Å². The molecule has 2 N–H and O–H groups in total. The topological polar surface area (TPSA) is 66.9 Å². The fraction of sp³-hybridized carbons (Fsp3) is 0.190. The molecule has 1 amide bonds. The monoisotopic (exact) mass is 364 g/mol. The summed E-state index contributed by atoms with van der Waals surface area (Å²) in [7, 11) is 0. The highest BCUT2D eigenvalue weighted by Crippen LogP contribution is 2.17. The first kappa shape index (κ1) is 18.5. The highest BCUT2D eigenvalue weighted by atomic mass is 19.1. The number of hydrogen-bond acceptors (Lipinski definition) is 4. The van der Waals surface area contributed by atoms with E-state index in [0.29, 0.717) is 11.3 Å². The van der Waals surface area contributed by atoms with Gasteiger partial charge in [0.05, 0.1) is 0 Å². The van der Waals surface area contributed by atoms with E-state index >= 15 is 0 Å². The number of benzene rings is 2. The summed E-state index contributed by atoms with van der Waals surface area (Å²) < 4.78 is 13.7. The number of anilines is 2. The molecular formula is C21H21FN4O. The van der Waals surface area contributed by atoms with Crippen LogP contribution in [-0.2, 0) is 6.54 Å². The molecule has 0 radical (unpaired) electrons. The zero-order valence-corrected chi connectivity index (χ0v) is 15.5. The van der Waals surface area contributed by atoms with Gasteiger partial charge >= 0.3 is 0 Å². The Labute approximate surface area is 157 Å². The molecule has 3 rings (SSSR count). The van der Waals surface area contributed by atoms with Gasteiger partial charge in [0.15, 0.2) is 0 Å². The van der Waals surface area contributed by atoms with Crippen LogP contribution in [0.1, 0.15) is 32.9 Å². The molecule has 2 aromatic carbocycles. The maximum atomic E-state index is 13.7. The molecule has 0 saturated heterocycles. The minimum absolute atomic E-state index is 0.230. The van der Waals surface area contributed by atoms with Crippen LogP contribution in [0.5, 0.6) is 0 Å². The minimum Gasteiger partial charge on any atom is -0.350 e. The molecule has 138 valence electrons. The van der Waals surface area contributed by atoms with E-state index in [9.17, 15) is 9.18 Å². The smallest absolute Gasteiger partial charge is 0.274 e. The summed E-state index contributed by atoms with van der Waals surface area (Å²) in [4.78, 5) is 21.1. The zero-order valence-electron chi connectivity index (χ0n) is 15.5.